The molecule has 0 fully saturated rings. The average molecular weight is 343 g/mol. The molecule has 0 saturated carbocycles. The van der Waals surface area contributed by atoms with Crippen LogP contribution in [0.5, 0.6) is 5.75 Å². The van der Waals surface area contributed by atoms with Crippen LogP contribution in [0.15, 0.2) is 59.7 Å². The van der Waals surface area contributed by atoms with Gasteiger partial charge in [-0.1, -0.05) is 6.07 Å². The van der Waals surface area contributed by atoms with Crippen LogP contribution in [0.1, 0.15) is 11.1 Å². The van der Waals surface area contributed by atoms with Gasteiger partial charge in [-0.3, -0.25) is 9.78 Å². The second-order valence-corrected chi connectivity index (χ2v) is 5.49. The number of pyridine rings is 1. The van der Waals surface area contributed by atoms with Gasteiger partial charge in [0.05, 0.1) is 12.2 Å². The standard InChI is InChI=1S/C18H15F2N3O2/c1-12-8-13(10-21-9-12)11-23-17(24)7-6-16(22-23)14-2-4-15(5-3-14)25-18(19)20/h2-10,18H,11H2,1H3. The highest BCUT2D eigenvalue weighted by Gasteiger charge is 2.07. The van der Waals surface area contributed by atoms with Gasteiger partial charge in [0.2, 0.25) is 0 Å². The summed E-state index contributed by atoms with van der Waals surface area (Å²) in [6.07, 6.45) is 3.42. The predicted molar refractivity (Wildman–Crippen MR) is 88.6 cm³/mol. The van der Waals surface area contributed by atoms with E-state index in [-0.39, 0.29) is 11.3 Å². The van der Waals surface area contributed by atoms with Gasteiger partial charge in [-0.15, -0.1) is 0 Å². The Labute approximate surface area is 142 Å². The Hall–Kier alpha value is -3.09. The Morgan fingerprint density at radius 1 is 1.12 bits per heavy atom. The lowest BCUT2D eigenvalue weighted by Crippen LogP contribution is -2.22. The summed E-state index contributed by atoms with van der Waals surface area (Å²) < 4.78 is 30.1. The molecule has 0 unspecified atom stereocenters. The van der Waals surface area contributed by atoms with Crippen molar-refractivity contribution in [2.75, 3.05) is 0 Å². The molecular weight excluding hydrogens is 328 g/mol. The first-order valence-electron chi connectivity index (χ1n) is 7.55. The van der Waals surface area contributed by atoms with E-state index in [1.807, 2.05) is 13.0 Å². The quantitative estimate of drug-likeness (QED) is 0.713. The highest BCUT2D eigenvalue weighted by molar-refractivity contribution is 5.59. The molecule has 0 atom stereocenters. The van der Waals surface area contributed by atoms with Crippen LogP contribution < -0.4 is 10.3 Å². The summed E-state index contributed by atoms with van der Waals surface area (Å²) >= 11 is 0. The maximum Gasteiger partial charge on any atom is 0.387 e. The molecule has 0 radical (unpaired) electrons. The van der Waals surface area contributed by atoms with Crippen molar-refractivity contribution in [2.24, 2.45) is 0 Å². The fourth-order valence-corrected chi connectivity index (χ4v) is 2.40. The fourth-order valence-electron chi connectivity index (χ4n) is 2.40. The van der Waals surface area contributed by atoms with E-state index in [9.17, 15) is 13.6 Å². The summed E-state index contributed by atoms with van der Waals surface area (Å²) in [5.74, 6) is 0.0675. The largest absolute Gasteiger partial charge is 0.435 e. The zero-order valence-electron chi connectivity index (χ0n) is 13.4. The van der Waals surface area contributed by atoms with E-state index in [1.54, 1.807) is 30.6 Å². The Morgan fingerprint density at radius 2 is 1.88 bits per heavy atom. The monoisotopic (exact) mass is 343 g/mol. The number of benzene rings is 1. The van der Waals surface area contributed by atoms with Gasteiger partial charge in [-0.05, 0) is 48.4 Å². The maximum absolute atomic E-state index is 12.2. The Bertz CT molecular complexity index is 924. The van der Waals surface area contributed by atoms with Crippen molar-refractivity contribution in [3.8, 4) is 17.0 Å². The van der Waals surface area contributed by atoms with Crippen LogP contribution in [-0.4, -0.2) is 21.4 Å². The Kier molecular flexibility index (Phi) is 4.83. The number of hydrogen-bond donors (Lipinski definition) is 0. The van der Waals surface area contributed by atoms with Crippen LogP contribution in [0.4, 0.5) is 8.78 Å². The summed E-state index contributed by atoms with van der Waals surface area (Å²) in [6.45, 7) is -0.645. The predicted octanol–water partition coefficient (Wildman–Crippen LogP) is 3.26. The van der Waals surface area contributed by atoms with Crippen LogP contribution >= 0.6 is 0 Å². The van der Waals surface area contributed by atoms with Crippen molar-refractivity contribution in [1.29, 1.82) is 0 Å². The van der Waals surface area contributed by atoms with Crippen LogP contribution in [-0.2, 0) is 6.54 Å². The molecule has 0 amide bonds. The average Bonchev–Trinajstić information content (AvgIpc) is 2.57. The first kappa shape index (κ1) is 16.8. The number of halogens is 2. The SMILES string of the molecule is Cc1cncc(Cn2nc(-c3ccc(OC(F)F)cc3)ccc2=O)c1. The smallest absolute Gasteiger partial charge is 0.387 e. The van der Waals surface area contributed by atoms with Crippen molar-refractivity contribution in [1.82, 2.24) is 14.8 Å². The fraction of sp³-hybridized carbons (Fsp3) is 0.167. The maximum atomic E-state index is 12.2. The molecule has 0 spiro atoms. The minimum absolute atomic E-state index is 0.0675. The van der Waals surface area contributed by atoms with Gasteiger partial charge < -0.3 is 4.74 Å². The van der Waals surface area contributed by atoms with E-state index in [0.717, 1.165) is 11.1 Å². The number of aromatic nitrogens is 3. The molecule has 1 aromatic carbocycles. The minimum Gasteiger partial charge on any atom is -0.435 e. The van der Waals surface area contributed by atoms with Crippen LogP contribution in [0.3, 0.4) is 0 Å². The molecular formula is C18H15F2N3O2. The van der Waals surface area contributed by atoms with Gasteiger partial charge in [0, 0.05) is 24.0 Å². The summed E-state index contributed by atoms with van der Waals surface area (Å²) in [4.78, 5) is 16.1. The number of hydrogen-bond acceptors (Lipinski definition) is 4. The molecule has 25 heavy (non-hydrogen) atoms. The van der Waals surface area contributed by atoms with Crippen molar-refractivity contribution in [3.05, 3.63) is 76.3 Å². The van der Waals surface area contributed by atoms with Crippen molar-refractivity contribution in [2.45, 2.75) is 20.1 Å². The van der Waals surface area contributed by atoms with Crippen molar-refractivity contribution in [3.63, 3.8) is 0 Å². The first-order valence-corrected chi connectivity index (χ1v) is 7.55. The summed E-state index contributed by atoms with van der Waals surface area (Å²) in [6, 6.07) is 11.0. The lowest BCUT2D eigenvalue weighted by Gasteiger charge is -2.09. The summed E-state index contributed by atoms with van der Waals surface area (Å²) in [5, 5.41) is 4.35. The van der Waals surface area contributed by atoms with Crippen LogP contribution in [0.25, 0.3) is 11.3 Å². The number of alkyl halides is 2. The van der Waals surface area contributed by atoms with Gasteiger partial charge in [0.15, 0.2) is 0 Å². The Balaban J connectivity index is 1.87. The lowest BCUT2D eigenvalue weighted by molar-refractivity contribution is -0.0498. The number of aryl methyl sites for hydroxylation is 1. The molecule has 0 N–H and O–H groups in total. The van der Waals surface area contributed by atoms with Gasteiger partial charge in [0.25, 0.3) is 5.56 Å². The third kappa shape index (κ3) is 4.26. The molecule has 128 valence electrons. The molecule has 0 saturated heterocycles. The molecule has 5 nitrogen and oxygen atoms in total. The van der Waals surface area contributed by atoms with Crippen LogP contribution in [0, 0.1) is 6.92 Å². The van der Waals surface area contributed by atoms with E-state index in [1.165, 1.54) is 22.9 Å². The van der Waals surface area contributed by atoms with Gasteiger partial charge in [0.1, 0.15) is 5.75 Å². The van der Waals surface area contributed by atoms with E-state index in [0.29, 0.717) is 17.8 Å². The molecule has 0 aliphatic heterocycles. The Morgan fingerprint density at radius 3 is 2.56 bits per heavy atom. The zero-order valence-corrected chi connectivity index (χ0v) is 13.4. The van der Waals surface area contributed by atoms with Gasteiger partial charge in [-0.25, -0.2) is 4.68 Å². The first-order chi connectivity index (χ1) is 12.0. The molecule has 7 heteroatoms. The van der Waals surface area contributed by atoms with E-state index in [2.05, 4.69) is 14.8 Å². The molecule has 2 heterocycles. The second-order valence-electron chi connectivity index (χ2n) is 5.49. The zero-order chi connectivity index (χ0) is 17.8. The second kappa shape index (κ2) is 7.21. The number of ether oxygens (including phenoxy) is 1. The van der Waals surface area contributed by atoms with Gasteiger partial charge in [-0.2, -0.15) is 13.9 Å². The summed E-state index contributed by atoms with van der Waals surface area (Å²) in [5.41, 5.74) is 2.88. The van der Waals surface area contributed by atoms with Gasteiger partial charge >= 0.3 is 6.61 Å². The molecule has 3 aromatic rings. The highest BCUT2D eigenvalue weighted by Crippen LogP contribution is 2.21. The van der Waals surface area contributed by atoms with E-state index < -0.39 is 6.61 Å². The minimum atomic E-state index is -2.87. The molecule has 3 rings (SSSR count). The third-order valence-corrected chi connectivity index (χ3v) is 3.51. The normalized spacial score (nSPS) is 10.9. The topological polar surface area (TPSA) is 57.0 Å². The molecule has 0 bridgehead atoms. The highest BCUT2D eigenvalue weighted by atomic mass is 19.3. The third-order valence-electron chi connectivity index (χ3n) is 3.51. The number of rotatable bonds is 5. The van der Waals surface area contributed by atoms with E-state index in [4.69, 9.17) is 0 Å². The van der Waals surface area contributed by atoms with Crippen molar-refractivity contribution >= 4 is 0 Å². The van der Waals surface area contributed by atoms with Crippen LogP contribution in [0.2, 0.25) is 0 Å². The molecule has 2 aromatic heterocycles. The van der Waals surface area contributed by atoms with E-state index >= 15 is 0 Å². The summed E-state index contributed by atoms with van der Waals surface area (Å²) in [7, 11) is 0. The lowest BCUT2D eigenvalue weighted by atomic mass is 10.1. The molecule has 0 aliphatic carbocycles. The van der Waals surface area contributed by atoms with Crippen molar-refractivity contribution < 1.29 is 13.5 Å². The number of nitrogens with zero attached hydrogens (tertiary/aromatic N) is 3. The molecule has 0 aliphatic rings.